The Bertz CT molecular complexity index is 621. The van der Waals surface area contributed by atoms with Crippen LogP contribution in [0, 0.1) is 34.5 Å². The standard InChI is InChI=1S/C21H33NO3/c1-19(2,25)15-7-6-13-12-5-8-16-20(3,10-9-17(24)22-16)18(12)14(23)11-21(13,15)4/h8,12-15,18,23,25H,5-7,9-11H2,1-4H3,(H,22,24)/t12?,13?,14-,15+,18?,20-,21-/m0/s1. The number of rotatable bonds is 1. The van der Waals surface area contributed by atoms with Crippen molar-refractivity contribution in [2.75, 3.05) is 0 Å². The Hall–Kier alpha value is -0.870. The molecular formula is C21H33NO3. The molecule has 7 atom stereocenters. The van der Waals surface area contributed by atoms with Crippen LogP contribution in [-0.2, 0) is 4.79 Å². The van der Waals surface area contributed by atoms with Gasteiger partial charge in [0.2, 0.25) is 5.91 Å². The molecule has 2 saturated carbocycles. The van der Waals surface area contributed by atoms with Crippen LogP contribution in [-0.4, -0.2) is 27.8 Å². The average Bonchev–Trinajstić information content (AvgIpc) is 2.84. The van der Waals surface area contributed by atoms with E-state index in [-0.39, 0.29) is 34.7 Å². The van der Waals surface area contributed by atoms with Gasteiger partial charge in [-0.05, 0) is 75.0 Å². The van der Waals surface area contributed by atoms with Crippen molar-refractivity contribution in [3.05, 3.63) is 11.8 Å². The van der Waals surface area contributed by atoms with Crippen molar-refractivity contribution in [3.8, 4) is 0 Å². The number of carbonyl (C=O) groups is 1. The SMILES string of the molecule is CC(C)(O)[C@H]1CCC2C3CC=C4NC(=O)CC[C@]4(C)C3[C@@H](O)C[C@@]21C. The van der Waals surface area contributed by atoms with Crippen LogP contribution in [0.25, 0.3) is 0 Å². The predicted molar refractivity (Wildman–Crippen MR) is 96.4 cm³/mol. The minimum absolute atomic E-state index is 0.00154. The van der Waals surface area contributed by atoms with E-state index in [1.165, 1.54) is 0 Å². The number of aliphatic hydroxyl groups is 2. The fourth-order valence-corrected chi connectivity index (χ4v) is 7.49. The second-order valence-electron chi connectivity index (χ2n) is 10.2. The molecule has 3 N–H and O–H groups in total. The summed E-state index contributed by atoms with van der Waals surface area (Å²) in [6, 6.07) is 0. The van der Waals surface area contributed by atoms with Gasteiger partial charge >= 0.3 is 0 Å². The topological polar surface area (TPSA) is 69.6 Å². The Kier molecular flexibility index (Phi) is 3.73. The summed E-state index contributed by atoms with van der Waals surface area (Å²) in [6.45, 7) is 8.40. The number of hydrogen-bond donors (Lipinski definition) is 3. The maximum atomic E-state index is 11.8. The molecule has 1 aliphatic heterocycles. The number of amides is 1. The molecule has 0 radical (unpaired) electrons. The zero-order chi connectivity index (χ0) is 18.2. The molecule has 4 rings (SSSR count). The lowest BCUT2D eigenvalue weighted by Gasteiger charge is -2.59. The van der Waals surface area contributed by atoms with Crippen LogP contribution in [0.5, 0.6) is 0 Å². The third kappa shape index (κ3) is 2.36. The molecule has 0 aromatic rings. The number of aliphatic hydroxyl groups excluding tert-OH is 1. The summed E-state index contributed by atoms with van der Waals surface area (Å²) in [6.07, 6.45) is 7.15. The zero-order valence-electron chi connectivity index (χ0n) is 16.0. The van der Waals surface area contributed by atoms with Crippen LogP contribution in [0.3, 0.4) is 0 Å². The van der Waals surface area contributed by atoms with Gasteiger partial charge in [0.25, 0.3) is 0 Å². The Morgan fingerprint density at radius 1 is 1.28 bits per heavy atom. The van der Waals surface area contributed by atoms with Crippen molar-refractivity contribution < 1.29 is 15.0 Å². The first-order chi connectivity index (χ1) is 11.6. The Morgan fingerprint density at radius 3 is 2.68 bits per heavy atom. The van der Waals surface area contributed by atoms with E-state index in [0.29, 0.717) is 18.3 Å². The molecule has 1 saturated heterocycles. The minimum atomic E-state index is -0.700. The highest BCUT2D eigenvalue weighted by Crippen LogP contribution is 2.66. The molecule has 4 nitrogen and oxygen atoms in total. The maximum Gasteiger partial charge on any atom is 0.224 e. The van der Waals surface area contributed by atoms with E-state index in [1.807, 2.05) is 13.8 Å². The number of hydrogen-bond acceptors (Lipinski definition) is 3. The lowest BCUT2D eigenvalue weighted by Crippen LogP contribution is -2.59. The molecule has 3 unspecified atom stereocenters. The van der Waals surface area contributed by atoms with Gasteiger partial charge in [-0.2, -0.15) is 0 Å². The summed E-state index contributed by atoms with van der Waals surface area (Å²) in [5.74, 6) is 1.56. The lowest BCUT2D eigenvalue weighted by atomic mass is 9.47. The monoisotopic (exact) mass is 347 g/mol. The van der Waals surface area contributed by atoms with Crippen molar-refractivity contribution in [1.82, 2.24) is 5.32 Å². The summed E-state index contributed by atoms with van der Waals surface area (Å²) in [5, 5.41) is 25.1. The second kappa shape index (κ2) is 5.32. The highest BCUT2D eigenvalue weighted by molar-refractivity contribution is 5.79. The summed E-state index contributed by atoms with van der Waals surface area (Å²) in [5.41, 5.74) is 0.224. The molecule has 25 heavy (non-hydrogen) atoms. The number of piperidine rings is 1. The van der Waals surface area contributed by atoms with Crippen LogP contribution in [0.1, 0.15) is 66.2 Å². The summed E-state index contributed by atoms with van der Waals surface area (Å²) < 4.78 is 0. The highest BCUT2D eigenvalue weighted by atomic mass is 16.3. The van der Waals surface area contributed by atoms with Crippen LogP contribution in [0.15, 0.2) is 11.8 Å². The summed E-state index contributed by atoms with van der Waals surface area (Å²) in [4.78, 5) is 11.8. The Labute approximate surface area is 151 Å². The number of allylic oxidation sites excluding steroid dienone is 2. The van der Waals surface area contributed by atoms with Gasteiger partial charge in [-0.1, -0.05) is 19.9 Å². The second-order valence-corrected chi connectivity index (χ2v) is 10.2. The molecular weight excluding hydrogens is 314 g/mol. The Balaban J connectivity index is 1.72. The molecule has 0 spiro atoms. The molecule has 1 amide bonds. The van der Waals surface area contributed by atoms with E-state index in [1.54, 1.807) is 0 Å². The average molecular weight is 347 g/mol. The molecule has 4 aliphatic rings. The third-order valence-electron chi connectivity index (χ3n) is 8.39. The molecule has 140 valence electrons. The van der Waals surface area contributed by atoms with Gasteiger partial charge in [-0.25, -0.2) is 0 Å². The largest absolute Gasteiger partial charge is 0.393 e. The fraction of sp³-hybridized carbons (Fsp3) is 0.857. The first-order valence-electron chi connectivity index (χ1n) is 9.98. The van der Waals surface area contributed by atoms with E-state index in [0.717, 1.165) is 37.8 Å². The quantitative estimate of drug-likeness (QED) is 0.683. The Morgan fingerprint density at radius 2 is 2.00 bits per heavy atom. The van der Waals surface area contributed by atoms with Crippen LogP contribution in [0.2, 0.25) is 0 Å². The predicted octanol–water partition coefficient (Wildman–Crippen LogP) is 2.99. The molecule has 3 aliphatic carbocycles. The molecule has 3 fully saturated rings. The van der Waals surface area contributed by atoms with Gasteiger partial charge in [0.05, 0.1) is 11.7 Å². The van der Waals surface area contributed by atoms with Crippen molar-refractivity contribution in [3.63, 3.8) is 0 Å². The van der Waals surface area contributed by atoms with Crippen molar-refractivity contribution in [2.45, 2.75) is 77.9 Å². The van der Waals surface area contributed by atoms with Gasteiger partial charge in [0.15, 0.2) is 0 Å². The maximum absolute atomic E-state index is 11.8. The minimum Gasteiger partial charge on any atom is -0.393 e. The summed E-state index contributed by atoms with van der Waals surface area (Å²) in [7, 11) is 0. The van der Waals surface area contributed by atoms with Gasteiger partial charge in [0, 0.05) is 17.5 Å². The van der Waals surface area contributed by atoms with E-state index in [4.69, 9.17) is 0 Å². The van der Waals surface area contributed by atoms with E-state index in [9.17, 15) is 15.0 Å². The van der Waals surface area contributed by atoms with Crippen molar-refractivity contribution in [2.24, 2.45) is 34.5 Å². The lowest BCUT2D eigenvalue weighted by molar-refractivity contribution is -0.149. The molecule has 4 heteroatoms. The number of nitrogens with one attached hydrogen (secondary N) is 1. The van der Waals surface area contributed by atoms with Crippen molar-refractivity contribution >= 4 is 5.91 Å². The first kappa shape index (κ1) is 17.5. The molecule has 0 aromatic carbocycles. The van der Waals surface area contributed by atoms with Gasteiger partial charge < -0.3 is 15.5 Å². The van der Waals surface area contributed by atoms with Crippen LogP contribution in [0.4, 0.5) is 0 Å². The van der Waals surface area contributed by atoms with Gasteiger partial charge in [-0.3, -0.25) is 4.79 Å². The molecule has 0 bridgehead atoms. The first-order valence-corrected chi connectivity index (χ1v) is 9.98. The molecule has 0 aromatic heterocycles. The smallest absolute Gasteiger partial charge is 0.224 e. The van der Waals surface area contributed by atoms with Crippen LogP contribution >= 0.6 is 0 Å². The highest BCUT2D eigenvalue weighted by Gasteiger charge is 2.63. The van der Waals surface area contributed by atoms with Gasteiger partial charge in [0.1, 0.15) is 0 Å². The number of carbonyl (C=O) groups excluding carboxylic acids is 1. The van der Waals surface area contributed by atoms with E-state index < -0.39 is 5.60 Å². The molecule has 1 heterocycles. The van der Waals surface area contributed by atoms with Crippen molar-refractivity contribution in [1.29, 1.82) is 0 Å². The third-order valence-corrected chi connectivity index (χ3v) is 8.39. The van der Waals surface area contributed by atoms with E-state index >= 15 is 0 Å². The normalized spacial score (nSPS) is 49.6. The fourth-order valence-electron chi connectivity index (χ4n) is 7.49. The van der Waals surface area contributed by atoms with Gasteiger partial charge in [-0.15, -0.1) is 0 Å². The van der Waals surface area contributed by atoms with E-state index in [2.05, 4.69) is 25.2 Å². The van der Waals surface area contributed by atoms with Crippen LogP contribution < -0.4 is 5.32 Å². The summed E-state index contributed by atoms with van der Waals surface area (Å²) >= 11 is 0. The zero-order valence-corrected chi connectivity index (χ0v) is 16.0. The number of fused-ring (bicyclic) bond motifs is 5.